The molecule has 0 fully saturated rings. The highest BCUT2D eigenvalue weighted by atomic mass is 79.9. The molecule has 0 aliphatic carbocycles. The van der Waals surface area contributed by atoms with Gasteiger partial charge in [-0.15, -0.1) is 0 Å². The predicted molar refractivity (Wildman–Crippen MR) is 110 cm³/mol. The smallest absolute Gasteiger partial charge is 0.203 e. The summed E-state index contributed by atoms with van der Waals surface area (Å²) in [6, 6.07) is 25.3. The van der Waals surface area contributed by atoms with Crippen molar-refractivity contribution in [2.45, 2.75) is 13.1 Å². The number of carbonyl (C=O) groups excluding carboxylic acids is 1. The Balaban J connectivity index is 0.00000225. The van der Waals surface area contributed by atoms with E-state index >= 15 is 0 Å². The number of Topliss-reactive ketones (excluding diaryl/α,β-unsaturated/α-hetero) is 1. The summed E-state index contributed by atoms with van der Waals surface area (Å²) in [6.07, 6.45) is 0. The minimum Gasteiger partial charge on any atom is -1.00 e. The lowest BCUT2D eigenvalue weighted by Gasteiger charge is -2.05. The summed E-state index contributed by atoms with van der Waals surface area (Å²) in [6.45, 7) is 0.739. The van der Waals surface area contributed by atoms with Crippen LogP contribution < -0.4 is 22.6 Å². The molecule has 142 valence electrons. The van der Waals surface area contributed by atoms with Crippen molar-refractivity contribution in [3.8, 4) is 0 Å². The number of imidazole rings is 1. The minimum absolute atomic E-state index is 0. The Hall–Kier alpha value is -2.44. The molecule has 0 unspecified atom stereocenters. The summed E-state index contributed by atoms with van der Waals surface area (Å²) < 4.78 is 4.66. The number of aromatic nitrogens is 2. The molecule has 3 aromatic carbocycles. The van der Waals surface area contributed by atoms with E-state index in [9.17, 15) is 4.79 Å². The van der Waals surface area contributed by atoms with Gasteiger partial charge in [0.1, 0.15) is 0 Å². The Morgan fingerprint density at radius 3 is 2.04 bits per heavy atom. The lowest BCUT2D eigenvalue weighted by atomic mass is 10.1. The molecule has 28 heavy (non-hydrogen) atoms. The van der Waals surface area contributed by atoms with Crippen molar-refractivity contribution in [1.82, 2.24) is 9.13 Å². The van der Waals surface area contributed by atoms with Gasteiger partial charge in [-0.1, -0.05) is 70.5 Å². The number of para-hydroxylation sites is 2. The molecule has 0 aliphatic rings. The van der Waals surface area contributed by atoms with E-state index in [0.29, 0.717) is 17.7 Å². The van der Waals surface area contributed by atoms with Crippen LogP contribution in [0.2, 0.25) is 0 Å². The molecule has 0 saturated heterocycles. The lowest BCUT2D eigenvalue weighted by molar-refractivity contribution is -0.0000134. The Bertz CT molecular complexity index is 1160. The molecule has 1 N–H and O–H groups in total. The molecule has 1 aromatic heterocycles. The first-order chi connectivity index (χ1) is 13.1. The zero-order valence-corrected chi connectivity index (χ0v) is 18.2. The van der Waals surface area contributed by atoms with Crippen LogP contribution in [0.4, 0.5) is 0 Å². The molecule has 4 nitrogen and oxygen atoms in total. The van der Waals surface area contributed by atoms with Crippen molar-refractivity contribution in [2.75, 3.05) is 0 Å². The van der Waals surface area contributed by atoms with Crippen LogP contribution in [0.25, 0.3) is 11.0 Å². The van der Waals surface area contributed by atoms with Gasteiger partial charge in [0.25, 0.3) is 0 Å². The average Bonchev–Trinajstić information content (AvgIpc) is 2.95. The van der Waals surface area contributed by atoms with Crippen LogP contribution in [0.1, 0.15) is 15.9 Å². The van der Waals surface area contributed by atoms with Gasteiger partial charge in [-0.25, -0.2) is 0 Å². The number of benzene rings is 3. The Morgan fingerprint density at radius 2 is 1.39 bits per heavy atom. The number of ketones is 1. The van der Waals surface area contributed by atoms with E-state index in [1.165, 1.54) is 0 Å². The number of hydrogen-bond acceptors (Lipinski definition) is 2. The SMILES string of the molecule is N=c1n(CC(=O)c2ccc(Br)cc2)c2ccccc2n1Cc1ccccc1.[Br-]. The summed E-state index contributed by atoms with van der Waals surface area (Å²) in [7, 11) is 0. The lowest BCUT2D eigenvalue weighted by Crippen LogP contribution is -3.00. The van der Waals surface area contributed by atoms with E-state index in [2.05, 4.69) is 15.9 Å². The third-order valence-corrected chi connectivity index (χ3v) is 5.15. The third kappa shape index (κ3) is 4.03. The first-order valence-corrected chi connectivity index (χ1v) is 9.48. The zero-order chi connectivity index (χ0) is 18.8. The molecular formula is C22H18Br2N3O-. The number of nitrogens with one attached hydrogen (secondary N) is 1. The maximum Gasteiger partial charge on any atom is 0.203 e. The molecule has 0 bridgehead atoms. The van der Waals surface area contributed by atoms with Crippen molar-refractivity contribution in [3.05, 3.63) is 100 Å². The van der Waals surface area contributed by atoms with Crippen molar-refractivity contribution < 1.29 is 21.8 Å². The maximum absolute atomic E-state index is 12.8. The summed E-state index contributed by atoms with van der Waals surface area (Å²) in [5.41, 5.74) is 3.94. The molecule has 4 aromatic rings. The van der Waals surface area contributed by atoms with Gasteiger partial charge in [0.15, 0.2) is 5.78 Å². The molecule has 0 saturated carbocycles. The second-order valence-corrected chi connectivity index (χ2v) is 7.32. The number of rotatable bonds is 5. The van der Waals surface area contributed by atoms with E-state index in [1.54, 1.807) is 16.7 Å². The average molecular weight is 500 g/mol. The second-order valence-electron chi connectivity index (χ2n) is 6.40. The van der Waals surface area contributed by atoms with Crippen LogP contribution in [0, 0.1) is 5.41 Å². The molecule has 0 radical (unpaired) electrons. The zero-order valence-electron chi connectivity index (χ0n) is 15.0. The van der Waals surface area contributed by atoms with Crippen LogP contribution in [-0.4, -0.2) is 14.9 Å². The predicted octanol–water partition coefficient (Wildman–Crippen LogP) is 1.62. The standard InChI is InChI=1S/C22H18BrN3O.BrH/c23-18-12-10-17(11-13-18)21(27)15-26-20-9-5-4-8-19(20)25(22(26)24)14-16-6-2-1-3-7-16;/h1-13,24H,14-15H2;1H/p-1. The Morgan fingerprint density at radius 1 is 0.821 bits per heavy atom. The Kier molecular flexibility index (Phi) is 6.31. The highest BCUT2D eigenvalue weighted by Gasteiger charge is 2.14. The first-order valence-electron chi connectivity index (χ1n) is 8.69. The number of hydrogen-bond donors (Lipinski definition) is 1. The largest absolute Gasteiger partial charge is 1.00 e. The second kappa shape index (κ2) is 8.71. The molecule has 6 heteroatoms. The minimum atomic E-state index is -0.0105. The first kappa shape index (κ1) is 20.3. The Labute approximate surface area is 181 Å². The van der Waals surface area contributed by atoms with Crippen molar-refractivity contribution >= 4 is 32.7 Å². The summed E-state index contributed by atoms with van der Waals surface area (Å²) in [5, 5.41) is 8.68. The highest BCUT2D eigenvalue weighted by Crippen LogP contribution is 2.16. The van der Waals surface area contributed by atoms with Gasteiger partial charge in [-0.2, -0.15) is 0 Å². The number of halogens is 2. The third-order valence-electron chi connectivity index (χ3n) is 4.63. The fourth-order valence-electron chi connectivity index (χ4n) is 3.25. The molecule has 0 amide bonds. The van der Waals surface area contributed by atoms with Gasteiger partial charge in [0, 0.05) is 10.0 Å². The van der Waals surface area contributed by atoms with Crippen LogP contribution in [-0.2, 0) is 13.1 Å². The summed E-state index contributed by atoms with van der Waals surface area (Å²) in [5.74, 6) is -0.0105. The maximum atomic E-state index is 12.8. The van der Waals surface area contributed by atoms with Crippen LogP contribution >= 0.6 is 15.9 Å². The van der Waals surface area contributed by atoms with Gasteiger partial charge in [0.05, 0.1) is 24.1 Å². The van der Waals surface area contributed by atoms with Gasteiger partial charge >= 0.3 is 0 Å². The van der Waals surface area contributed by atoms with Crippen molar-refractivity contribution in [3.63, 3.8) is 0 Å². The van der Waals surface area contributed by atoms with E-state index < -0.39 is 0 Å². The normalized spacial score (nSPS) is 10.6. The fourth-order valence-corrected chi connectivity index (χ4v) is 3.52. The molecule has 0 atom stereocenters. The summed E-state index contributed by atoms with van der Waals surface area (Å²) in [4.78, 5) is 12.8. The van der Waals surface area contributed by atoms with E-state index in [1.807, 2.05) is 71.3 Å². The van der Waals surface area contributed by atoms with E-state index in [4.69, 9.17) is 5.41 Å². The van der Waals surface area contributed by atoms with Gasteiger partial charge in [-0.3, -0.25) is 10.2 Å². The summed E-state index contributed by atoms with van der Waals surface area (Å²) >= 11 is 3.39. The van der Waals surface area contributed by atoms with Gasteiger partial charge in [0.2, 0.25) is 5.62 Å². The highest BCUT2D eigenvalue weighted by molar-refractivity contribution is 9.10. The van der Waals surface area contributed by atoms with Gasteiger partial charge < -0.3 is 26.1 Å². The monoisotopic (exact) mass is 498 g/mol. The van der Waals surface area contributed by atoms with Crippen molar-refractivity contribution in [2.24, 2.45) is 0 Å². The van der Waals surface area contributed by atoms with E-state index in [-0.39, 0.29) is 29.3 Å². The van der Waals surface area contributed by atoms with E-state index in [0.717, 1.165) is 21.1 Å². The van der Waals surface area contributed by atoms with Crippen LogP contribution in [0.5, 0.6) is 0 Å². The molecule has 0 aliphatic heterocycles. The number of nitrogens with zero attached hydrogens (tertiary/aromatic N) is 2. The van der Waals surface area contributed by atoms with Crippen LogP contribution in [0.3, 0.4) is 0 Å². The topological polar surface area (TPSA) is 50.8 Å². The quantitative estimate of drug-likeness (QED) is 0.417. The molecule has 1 heterocycles. The molecular weight excluding hydrogens is 482 g/mol. The molecule has 0 spiro atoms. The fraction of sp³-hybridized carbons (Fsp3) is 0.0909. The molecule has 4 rings (SSSR count). The van der Waals surface area contributed by atoms with Crippen molar-refractivity contribution in [1.29, 1.82) is 5.41 Å². The van der Waals surface area contributed by atoms with Crippen LogP contribution in [0.15, 0.2) is 83.3 Å². The number of fused-ring (bicyclic) bond motifs is 1. The van der Waals surface area contributed by atoms with Gasteiger partial charge in [-0.05, 0) is 29.8 Å². The number of carbonyl (C=O) groups is 1.